The first-order valence-corrected chi connectivity index (χ1v) is 10.8. The minimum absolute atomic E-state index is 0.423. The highest BCUT2D eigenvalue weighted by Gasteiger charge is 2.34. The molecule has 1 aliphatic heterocycles. The lowest BCUT2D eigenvalue weighted by Crippen LogP contribution is -2.30. The first-order chi connectivity index (χ1) is 14.5. The van der Waals surface area contributed by atoms with Crippen LogP contribution in [0.25, 0.3) is 5.65 Å². The number of rotatable bonds is 6. The molecular weight excluding hydrogens is 374 g/mol. The second-order valence-corrected chi connectivity index (χ2v) is 8.29. The third kappa shape index (κ3) is 3.66. The Hall–Kier alpha value is -2.89. The van der Waals surface area contributed by atoms with Gasteiger partial charge in [0.05, 0.1) is 12.3 Å². The molecule has 0 saturated heterocycles. The number of hydrogen-bond donors (Lipinski definition) is 0. The number of fused-ring (bicyclic) bond motifs is 3. The number of allylic oxidation sites excluding steroid dienone is 2. The second kappa shape index (κ2) is 8.46. The average Bonchev–Trinajstić information content (AvgIpc) is 3.15. The van der Waals surface area contributed by atoms with E-state index < -0.39 is 0 Å². The molecular formula is C24H31N5O. The SMILES string of the molecule is C=NN(C(=NCC1CCC1c1cn2ccc3c(c2n1)OCCC3)C(=C)C)/C(C)=C\C. The summed E-state index contributed by atoms with van der Waals surface area (Å²) in [5.41, 5.74) is 5.23. The van der Waals surface area contributed by atoms with Crippen LogP contribution in [0.15, 0.2) is 52.5 Å². The molecule has 2 unspecified atom stereocenters. The molecule has 6 heteroatoms. The maximum atomic E-state index is 5.94. The molecule has 0 radical (unpaired) electrons. The number of amidine groups is 1. The third-order valence-corrected chi connectivity index (χ3v) is 6.27. The lowest BCUT2D eigenvalue weighted by molar-refractivity contribution is 0.259. The van der Waals surface area contributed by atoms with Crippen LogP contribution < -0.4 is 4.74 Å². The van der Waals surface area contributed by atoms with Gasteiger partial charge in [0.1, 0.15) is 0 Å². The van der Waals surface area contributed by atoms with Gasteiger partial charge in [-0.3, -0.25) is 4.99 Å². The number of hydrogen-bond acceptors (Lipinski definition) is 4. The fraction of sp³-hybridized carbons (Fsp3) is 0.458. The van der Waals surface area contributed by atoms with Gasteiger partial charge in [-0.25, -0.2) is 9.99 Å². The molecule has 0 N–H and O–H groups in total. The number of pyridine rings is 1. The molecule has 0 spiro atoms. The predicted octanol–water partition coefficient (Wildman–Crippen LogP) is 4.97. The van der Waals surface area contributed by atoms with Crippen molar-refractivity contribution < 1.29 is 4.74 Å². The van der Waals surface area contributed by atoms with E-state index in [-0.39, 0.29) is 0 Å². The van der Waals surface area contributed by atoms with E-state index in [1.807, 2.05) is 26.8 Å². The summed E-state index contributed by atoms with van der Waals surface area (Å²) in [6.07, 6.45) is 10.7. The van der Waals surface area contributed by atoms with E-state index in [9.17, 15) is 0 Å². The highest BCUT2D eigenvalue weighted by molar-refractivity contribution is 5.98. The molecule has 6 nitrogen and oxygen atoms in total. The first-order valence-electron chi connectivity index (χ1n) is 10.8. The summed E-state index contributed by atoms with van der Waals surface area (Å²) in [4.78, 5) is 9.87. The highest BCUT2D eigenvalue weighted by atomic mass is 16.5. The molecule has 2 aliphatic rings. The minimum atomic E-state index is 0.423. The van der Waals surface area contributed by atoms with Gasteiger partial charge < -0.3 is 9.14 Å². The van der Waals surface area contributed by atoms with Gasteiger partial charge in [-0.15, -0.1) is 0 Å². The summed E-state index contributed by atoms with van der Waals surface area (Å²) in [5.74, 6) is 2.64. The van der Waals surface area contributed by atoms with E-state index >= 15 is 0 Å². The van der Waals surface area contributed by atoms with Gasteiger partial charge in [-0.1, -0.05) is 12.7 Å². The van der Waals surface area contributed by atoms with Gasteiger partial charge >= 0.3 is 0 Å². The van der Waals surface area contributed by atoms with E-state index in [2.05, 4.69) is 41.3 Å². The number of imidazole rings is 1. The molecule has 4 rings (SSSR count). The van der Waals surface area contributed by atoms with Crippen molar-refractivity contribution in [1.82, 2.24) is 14.4 Å². The van der Waals surface area contributed by atoms with Crippen LogP contribution in [0.1, 0.15) is 57.2 Å². The summed E-state index contributed by atoms with van der Waals surface area (Å²) >= 11 is 0. The van der Waals surface area contributed by atoms with Crippen molar-refractivity contribution in [3.8, 4) is 5.75 Å². The van der Waals surface area contributed by atoms with Crippen LogP contribution >= 0.6 is 0 Å². The Labute approximate surface area is 178 Å². The summed E-state index contributed by atoms with van der Waals surface area (Å²) in [6.45, 7) is 15.3. The molecule has 2 atom stereocenters. The normalized spacial score (nSPS) is 21.6. The Morgan fingerprint density at radius 2 is 2.23 bits per heavy atom. The molecule has 2 aromatic heterocycles. The van der Waals surface area contributed by atoms with Crippen LogP contribution in [0.3, 0.4) is 0 Å². The topological polar surface area (TPSA) is 54.5 Å². The second-order valence-electron chi connectivity index (χ2n) is 8.29. The quantitative estimate of drug-likeness (QED) is 0.387. The van der Waals surface area contributed by atoms with Crippen molar-refractivity contribution in [2.24, 2.45) is 16.0 Å². The molecule has 2 aromatic rings. The molecule has 1 fully saturated rings. The third-order valence-electron chi connectivity index (χ3n) is 6.27. The summed E-state index contributed by atoms with van der Waals surface area (Å²) in [6, 6.07) is 2.16. The highest BCUT2D eigenvalue weighted by Crippen LogP contribution is 2.43. The Morgan fingerprint density at radius 3 is 2.90 bits per heavy atom. The maximum absolute atomic E-state index is 5.94. The van der Waals surface area contributed by atoms with Crippen LogP contribution in [0.2, 0.25) is 0 Å². The molecule has 30 heavy (non-hydrogen) atoms. The summed E-state index contributed by atoms with van der Waals surface area (Å²) < 4.78 is 8.05. The van der Waals surface area contributed by atoms with Gasteiger partial charge in [-0.05, 0) is 69.6 Å². The summed E-state index contributed by atoms with van der Waals surface area (Å²) in [7, 11) is 0. The number of aryl methyl sites for hydroxylation is 1. The lowest BCUT2D eigenvalue weighted by atomic mass is 9.72. The molecule has 3 heterocycles. The molecule has 1 aliphatic carbocycles. The van der Waals surface area contributed by atoms with E-state index in [0.29, 0.717) is 11.8 Å². The van der Waals surface area contributed by atoms with Crippen LogP contribution in [0.4, 0.5) is 0 Å². The van der Waals surface area contributed by atoms with Crippen molar-refractivity contribution in [2.75, 3.05) is 13.2 Å². The molecule has 1 saturated carbocycles. The minimum Gasteiger partial charge on any atom is -0.489 e. The van der Waals surface area contributed by atoms with Crippen molar-refractivity contribution in [3.05, 3.63) is 53.6 Å². The number of ether oxygens (including phenoxy) is 1. The zero-order valence-electron chi connectivity index (χ0n) is 18.3. The number of nitrogens with zero attached hydrogens (tertiary/aromatic N) is 5. The Balaban J connectivity index is 1.55. The van der Waals surface area contributed by atoms with Gasteiger partial charge in [0.25, 0.3) is 0 Å². The van der Waals surface area contributed by atoms with E-state index in [1.165, 1.54) is 5.56 Å². The smallest absolute Gasteiger partial charge is 0.180 e. The maximum Gasteiger partial charge on any atom is 0.180 e. The van der Waals surface area contributed by atoms with Gasteiger partial charge in [-0.2, -0.15) is 5.10 Å². The van der Waals surface area contributed by atoms with Crippen molar-refractivity contribution in [2.45, 2.75) is 52.4 Å². The average molecular weight is 406 g/mol. The van der Waals surface area contributed by atoms with Crippen LogP contribution in [0.5, 0.6) is 5.75 Å². The largest absolute Gasteiger partial charge is 0.489 e. The summed E-state index contributed by atoms with van der Waals surface area (Å²) in [5, 5.41) is 5.91. The predicted molar refractivity (Wildman–Crippen MR) is 122 cm³/mol. The number of aromatic nitrogens is 2. The van der Waals surface area contributed by atoms with Crippen molar-refractivity contribution >= 4 is 18.2 Å². The fourth-order valence-electron chi connectivity index (χ4n) is 4.28. The van der Waals surface area contributed by atoms with E-state index in [0.717, 1.165) is 73.0 Å². The molecule has 0 amide bonds. The van der Waals surface area contributed by atoms with Crippen molar-refractivity contribution in [3.63, 3.8) is 0 Å². The van der Waals surface area contributed by atoms with Crippen molar-refractivity contribution in [1.29, 1.82) is 0 Å². The van der Waals surface area contributed by atoms with Crippen LogP contribution in [-0.4, -0.2) is 40.1 Å². The standard InChI is InChI=1S/C24H31N5O/c1-6-17(4)29(25-5)23(16(2)3)26-14-19-9-10-20(19)21-15-28-12-11-18-8-7-13-30-22(18)24(28)27-21/h6,11-12,15,19-20H,2,5,7-10,13-14H2,1,3-4H3/b17-6-,26-23?. The Kier molecular flexibility index (Phi) is 5.75. The number of hydrazone groups is 1. The lowest BCUT2D eigenvalue weighted by Gasteiger charge is -2.35. The molecule has 0 bridgehead atoms. The fourth-order valence-corrected chi connectivity index (χ4v) is 4.28. The van der Waals surface area contributed by atoms with Gasteiger partial charge in [0.2, 0.25) is 0 Å². The van der Waals surface area contributed by atoms with Gasteiger partial charge in [0, 0.05) is 37.3 Å². The first kappa shape index (κ1) is 20.4. The molecule has 158 valence electrons. The van der Waals surface area contributed by atoms with E-state index in [4.69, 9.17) is 14.7 Å². The van der Waals surface area contributed by atoms with Crippen LogP contribution in [0, 0.1) is 5.92 Å². The molecule has 0 aromatic carbocycles. The monoisotopic (exact) mass is 405 g/mol. The van der Waals surface area contributed by atoms with Gasteiger partial charge in [0.15, 0.2) is 17.2 Å². The van der Waals surface area contributed by atoms with Crippen LogP contribution in [-0.2, 0) is 6.42 Å². The Morgan fingerprint density at radius 1 is 1.40 bits per heavy atom. The zero-order chi connectivity index (χ0) is 21.3. The zero-order valence-corrected chi connectivity index (χ0v) is 18.3. The number of aliphatic imine (C=N–C) groups is 1. The van der Waals surface area contributed by atoms with E-state index in [1.54, 1.807) is 5.01 Å². The Bertz CT molecular complexity index is 1030.